The van der Waals surface area contributed by atoms with E-state index in [1.54, 1.807) is 18.2 Å². The Bertz CT molecular complexity index is 512. The Labute approximate surface area is 111 Å². The van der Waals surface area contributed by atoms with Crippen molar-refractivity contribution in [3.63, 3.8) is 0 Å². The van der Waals surface area contributed by atoms with Gasteiger partial charge in [-0.3, -0.25) is 4.79 Å². The standard InChI is InChI=1S/C14H17NO4/c1-3-19-12-7-10(12)13(16)15-11-5-4-8(2)6-9(11)14(17)18/h4-6,10,12H,3,7H2,1-2H3,(H,15,16)(H,17,18). The second kappa shape index (κ2) is 5.40. The lowest BCUT2D eigenvalue weighted by atomic mass is 10.1. The molecule has 0 radical (unpaired) electrons. The Kier molecular flexibility index (Phi) is 3.85. The van der Waals surface area contributed by atoms with E-state index in [4.69, 9.17) is 9.84 Å². The number of carbonyl (C=O) groups excluding carboxylic acids is 1. The number of ether oxygens (including phenoxy) is 1. The number of hydrogen-bond donors (Lipinski definition) is 2. The van der Waals surface area contributed by atoms with E-state index in [-0.39, 0.29) is 23.5 Å². The van der Waals surface area contributed by atoms with Gasteiger partial charge < -0.3 is 15.2 Å². The van der Waals surface area contributed by atoms with Crippen molar-refractivity contribution >= 4 is 17.6 Å². The zero-order valence-electron chi connectivity index (χ0n) is 11.0. The minimum atomic E-state index is -1.05. The van der Waals surface area contributed by atoms with Crippen LogP contribution in [0.1, 0.15) is 29.3 Å². The zero-order chi connectivity index (χ0) is 14.0. The summed E-state index contributed by atoms with van der Waals surface area (Å²) < 4.78 is 5.34. The molecule has 1 saturated carbocycles. The van der Waals surface area contributed by atoms with Gasteiger partial charge in [0, 0.05) is 6.61 Å². The first-order valence-corrected chi connectivity index (χ1v) is 6.29. The Hall–Kier alpha value is -1.88. The second-order valence-electron chi connectivity index (χ2n) is 4.68. The maximum atomic E-state index is 11.9. The first-order valence-electron chi connectivity index (χ1n) is 6.29. The molecule has 102 valence electrons. The first kappa shape index (κ1) is 13.5. The molecule has 1 amide bonds. The van der Waals surface area contributed by atoms with Crippen LogP contribution in [0, 0.1) is 12.8 Å². The molecule has 1 aromatic rings. The average Bonchev–Trinajstić information content (AvgIpc) is 3.11. The van der Waals surface area contributed by atoms with E-state index < -0.39 is 5.97 Å². The fraction of sp³-hybridized carbons (Fsp3) is 0.429. The van der Waals surface area contributed by atoms with Gasteiger partial charge in [0.25, 0.3) is 0 Å². The van der Waals surface area contributed by atoms with Crippen molar-refractivity contribution in [2.45, 2.75) is 26.4 Å². The van der Waals surface area contributed by atoms with Gasteiger partial charge in [-0.15, -0.1) is 0 Å². The van der Waals surface area contributed by atoms with Crippen molar-refractivity contribution in [2.24, 2.45) is 5.92 Å². The molecule has 5 nitrogen and oxygen atoms in total. The molecule has 0 heterocycles. The molecule has 0 aliphatic heterocycles. The zero-order valence-corrected chi connectivity index (χ0v) is 11.0. The van der Waals surface area contributed by atoms with Gasteiger partial charge in [-0.2, -0.15) is 0 Å². The number of hydrogen-bond acceptors (Lipinski definition) is 3. The van der Waals surface area contributed by atoms with Crippen LogP contribution in [-0.2, 0) is 9.53 Å². The number of benzene rings is 1. The van der Waals surface area contributed by atoms with E-state index in [0.717, 1.165) is 5.56 Å². The van der Waals surface area contributed by atoms with E-state index in [2.05, 4.69) is 5.32 Å². The lowest BCUT2D eigenvalue weighted by Crippen LogP contribution is -2.18. The molecular formula is C14H17NO4. The van der Waals surface area contributed by atoms with E-state index in [1.165, 1.54) is 0 Å². The predicted octanol–water partition coefficient (Wildman–Crippen LogP) is 2.06. The van der Waals surface area contributed by atoms with Crippen LogP contribution in [0.25, 0.3) is 0 Å². The van der Waals surface area contributed by atoms with Crippen LogP contribution >= 0.6 is 0 Å². The number of carboxylic acid groups (broad SMARTS) is 1. The van der Waals surface area contributed by atoms with Crippen molar-refractivity contribution in [1.29, 1.82) is 0 Å². The molecule has 2 atom stereocenters. The fourth-order valence-electron chi connectivity index (χ4n) is 2.02. The van der Waals surface area contributed by atoms with Gasteiger partial charge in [0.1, 0.15) is 0 Å². The van der Waals surface area contributed by atoms with Gasteiger partial charge in [0.2, 0.25) is 5.91 Å². The van der Waals surface area contributed by atoms with Crippen molar-refractivity contribution in [3.05, 3.63) is 29.3 Å². The summed E-state index contributed by atoms with van der Waals surface area (Å²) in [5, 5.41) is 11.8. The van der Waals surface area contributed by atoms with Crippen LogP contribution in [0.2, 0.25) is 0 Å². The second-order valence-corrected chi connectivity index (χ2v) is 4.68. The maximum Gasteiger partial charge on any atom is 0.337 e. The summed E-state index contributed by atoms with van der Waals surface area (Å²) in [4.78, 5) is 23.1. The molecule has 1 aliphatic rings. The number of amides is 1. The summed E-state index contributed by atoms with van der Waals surface area (Å²) in [6.07, 6.45) is 0.678. The molecule has 5 heteroatoms. The highest BCUT2D eigenvalue weighted by atomic mass is 16.5. The Balaban J connectivity index is 2.07. The normalized spacial score (nSPS) is 20.9. The molecule has 0 saturated heterocycles. The molecular weight excluding hydrogens is 246 g/mol. The molecule has 2 rings (SSSR count). The molecule has 1 fully saturated rings. The minimum Gasteiger partial charge on any atom is -0.478 e. The topological polar surface area (TPSA) is 75.6 Å². The number of carbonyl (C=O) groups is 2. The molecule has 19 heavy (non-hydrogen) atoms. The van der Waals surface area contributed by atoms with Crippen LogP contribution in [-0.4, -0.2) is 29.7 Å². The summed E-state index contributed by atoms with van der Waals surface area (Å²) >= 11 is 0. The summed E-state index contributed by atoms with van der Waals surface area (Å²) in [7, 11) is 0. The van der Waals surface area contributed by atoms with Crippen LogP contribution < -0.4 is 5.32 Å². The Morgan fingerprint density at radius 3 is 2.84 bits per heavy atom. The first-order chi connectivity index (χ1) is 9.02. The monoisotopic (exact) mass is 263 g/mol. The van der Waals surface area contributed by atoms with Crippen LogP contribution in [0.5, 0.6) is 0 Å². The molecule has 1 aliphatic carbocycles. The predicted molar refractivity (Wildman–Crippen MR) is 70.3 cm³/mol. The minimum absolute atomic E-state index is 0.0243. The Morgan fingerprint density at radius 2 is 2.21 bits per heavy atom. The largest absolute Gasteiger partial charge is 0.478 e. The third-order valence-corrected chi connectivity index (χ3v) is 3.11. The van der Waals surface area contributed by atoms with E-state index in [0.29, 0.717) is 18.7 Å². The Morgan fingerprint density at radius 1 is 1.47 bits per heavy atom. The van der Waals surface area contributed by atoms with Crippen molar-refractivity contribution in [3.8, 4) is 0 Å². The number of anilines is 1. The molecule has 0 spiro atoms. The highest BCUT2D eigenvalue weighted by molar-refractivity contribution is 6.02. The highest BCUT2D eigenvalue weighted by Gasteiger charge is 2.44. The van der Waals surface area contributed by atoms with Gasteiger partial charge in [-0.1, -0.05) is 11.6 Å². The fourth-order valence-corrected chi connectivity index (χ4v) is 2.02. The SMILES string of the molecule is CCOC1CC1C(=O)Nc1ccc(C)cc1C(=O)O. The average molecular weight is 263 g/mol. The van der Waals surface area contributed by atoms with Crippen LogP contribution in [0.15, 0.2) is 18.2 Å². The molecule has 0 aromatic heterocycles. The third-order valence-electron chi connectivity index (χ3n) is 3.11. The van der Waals surface area contributed by atoms with Gasteiger partial charge in [-0.05, 0) is 32.4 Å². The number of rotatable bonds is 5. The van der Waals surface area contributed by atoms with E-state index in [1.807, 2.05) is 13.8 Å². The summed E-state index contributed by atoms with van der Waals surface area (Å²) in [6.45, 7) is 4.28. The highest BCUT2D eigenvalue weighted by Crippen LogP contribution is 2.35. The molecule has 0 bridgehead atoms. The lowest BCUT2D eigenvalue weighted by molar-refractivity contribution is -0.118. The quantitative estimate of drug-likeness (QED) is 0.852. The number of carboxylic acids is 1. The molecule has 2 unspecified atom stereocenters. The smallest absolute Gasteiger partial charge is 0.337 e. The van der Waals surface area contributed by atoms with Crippen LogP contribution in [0.4, 0.5) is 5.69 Å². The van der Waals surface area contributed by atoms with E-state index in [9.17, 15) is 9.59 Å². The summed E-state index contributed by atoms with van der Waals surface area (Å²) in [5.74, 6) is -1.39. The van der Waals surface area contributed by atoms with Gasteiger partial charge in [0.15, 0.2) is 0 Å². The van der Waals surface area contributed by atoms with Gasteiger partial charge >= 0.3 is 5.97 Å². The van der Waals surface area contributed by atoms with Gasteiger partial charge in [0.05, 0.1) is 23.3 Å². The third kappa shape index (κ3) is 3.12. The number of aromatic carboxylic acids is 1. The molecule has 1 aromatic carbocycles. The van der Waals surface area contributed by atoms with Crippen molar-refractivity contribution in [1.82, 2.24) is 0 Å². The van der Waals surface area contributed by atoms with Crippen molar-refractivity contribution in [2.75, 3.05) is 11.9 Å². The number of nitrogens with one attached hydrogen (secondary N) is 1. The maximum absolute atomic E-state index is 11.9. The summed E-state index contributed by atoms with van der Waals surface area (Å²) in [6, 6.07) is 4.94. The molecule has 2 N–H and O–H groups in total. The van der Waals surface area contributed by atoms with Crippen LogP contribution in [0.3, 0.4) is 0 Å². The van der Waals surface area contributed by atoms with Gasteiger partial charge in [-0.25, -0.2) is 4.79 Å². The van der Waals surface area contributed by atoms with E-state index >= 15 is 0 Å². The van der Waals surface area contributed by atoms with Crippen molar-refractivity contribution < 1.29 is 19.4 Å². The number of aryl methyl sites for hydroxylation is 1. The lowest BCUT2D eigenvalue weighted by Gasteiger charge is -2.09. The summed E-state index contributed by atoms with van der Waals surface area (Å²) in [5.41, 5.74) is 1.29.